The van der Waals surface area contributed by atoms with E-state index in [9.17, 15) is 8.78 Å². The number of benzene rings is 2. The van der Waals surface area contributed by atoms with E-state index >= 15 is 0 Å². The monoisotopic (exact) mass is 299 g/mol. The molecule has 90 valence electrons. The van der Waals surface area contributed by atoms with E-state index < -0.39 is 6.43 Å². The molecule has 0 aliphatic rings. The maximum absolute atomic E-state index is 12.0. The van der Waals surface area contributed by atoms with Gasteiger partial charge in [-0.25, -0.2) is 8.78 Å². The number of hydrogen-bond donors (Lipinski definition) is 1. The molecule has 4 heteroatoms. The minimum absolute atomic E-state index is 0.266. The molecule has 17 heavy (non-hydrogen) atoms. The van der Waals surface area contributed by atoms with E-state index in [1.807, 2.05) is 36.4 Å². The van der Waals surface area contributed by atoms with Crippen LogP contribution >= 0.6 is 15.9 Å². The number of nitrogens with one attached hydrogen (secondary N) is 1. The average molecular weight is 300 g/mol. The summed E-state index contributed by atoms with van der Waals surface area (Å²) in [5.74, 6) is 0. The largest absolute Gasteiger partial charge is 0.307 e. The van der Waals surface area contributed by atoms with Crippen molar-refractivity contribution in [2.45, 2.75) is 13.0 Å². The molecule has 2 aromatic rings. The number of alkyl halides is 2. The first-order valence-electron chi connectivity index (χ1n) is 5.32. The molecule has 0 saturated heterocycles. The number of fused-ring (bicyclic) bond motifs is 1. The van der Waals surface area contributed by atoms with Crippen LogP contribution in [0.15, 0.2) is 40.9 Å². The van der Waals surface area contributed by atoms with Gasteiger partial charge in [0, 0.05) is 11.0 Å². The Bertz CT molecular complexity index is 514. The molecule has 0 aromatic heterocycles. The van der Waals surface area contributed by atoms with Crippen LogP contribution in [0.1, 0.15) is 5.56 Å². The normalized spacial score (nSPS) is 11.3. The second-order valence-electron chi connectivity index (χ2n) is 3.85. The van der Waals surface area contributed by atoms with Gasteiger partial charge >= 0.3 is 0 Å². The molecule has 0 heterocycles. The maximum atomic E-state index is 12.0. The van der Waals surface area contributed by atoms with Crippen molar-refractivity contribution in [2.24, 2.45) is 0 Å². The second-order valence-corrected chi connectivity index (χ2v) is 4.76. The highest BCUT2D eigenvalue weighted by atomic mass is 79.9. The minimum atomic E-state index is -2.30. The van der Waals surface area contributed by atoms with Crippen LogP contribution in [-0.2, 0) is 6.54 Å². The smallest absolute Gasteiger partial charge is 0.250 e. The van der Waals surface area contributed by atoms with Crippen molar-refractivity contribution in [2.75, 3.05) is 6.54 Å². The summed E-state index contributed by atoms with van der Waals surface area (Å²) in [6, 6.07) is 12.0. The lowest BCUT2D eigenvalue weighted by Crippen LogP contribution is -2.20. The summed E-state index contributed by atoms with van der Waals surface area (Å²) in [5, 5.41) is 4.97. The molecule has 0 saturated carbocycles. The van der Waals surface area contributed by atoms with Crippen LogP contribution in [0.25, 0.3) is 10.8 Å². The van der Waals surface area contributed by atoms with Crippen molar-refractivity contribution in [3.05, 3.63) is 46.4 Å². The van der Waals surface area contributed by atoms with Crippen molar-refractivity contribution in [1.29, 1.82) is 0 Å². The minimum Gasteiger partial charge on any atom is -0.307 e. The predicted octanol–water partition coefficient (Wildman–Crippen LogP) is 3.96. The van der Waals surface area contributed by atoms with E-state index in [2.05, 4.69) is 21.2 Å². The zero-order valence-electron chi connectivity index (χ0n) is 9.09. The lowest BCUT2D eigenvalue weighted by atomic mass is 10.1. The Balaban J connectivity index is 2.12. The van der Waals surface area contributed by atoms with E-state index in [0.717, 1.165) is 20.8 Å². The Morgan fingerprint density at radius 3 is 2.53 bits per heavy atom. The van der Waals surface area contributed by atoms with Gasteiger partial charge in [-0.1, -0.05) is 34.1 Å². The molecule has 0 bridgehead atoms. The van der Waals surface area contributed by atoms with Crippen LogP contribution in [0.4, 0.5) is 8.78 Å². The topological polar surface area (TPSA) is 12.0 Å². The quantitative estimate of drug-likeness (QED) is 0.901. The van der Waals surface area contributed by atoms with Crippen molar-refractivity contribution in [1.82, 2.24) is 5.32 Å². The molecule has 1 N–H and O–H groups in total. The molecular weight excluding hydrogens is 288 g/mol. The molecule has 2 aromatic carbocycles. The van der Waals surface area contributed by atoms with Crippen molar-refractivity contribution in [3.63, 3.8) is 0 Å². The number of rotatable bonds is 4. The van der Waals surface area contributed by atoms with Gasteiger partial charge in [0.25, 0.3) is 6.43 Å². The van der Waals surface area contributed by atoms with E-state index in [4.69, 9.17) is 0 Å². The highest BCUT2D eigenvalue weighted by Crippen LogP contribution is 2.20. The van der Waals surface area contributed by atoms with E-state index in [1.165, 1.54) is 0 Å². The lowest BCUT2D eigenvalue weighted by molar-refractivity contribution is 0.145. The summed E-state index contributed by atoms with van der Waals surface area (Å²) in [5.41, 5.74) is 1.01. The molecule has 0 aliphatic heterocycles. The van der Waals surface area contributed by atoms with Gasteiger partial charge in [-0.15, -0.1) is 0 Å². The Labute approximate surface area is 107 Å². The van der Waals surface area contributed by atoms with Gasteiger partial charge in [-0.2, -0.15) is 0 Å². The third-order valence-corrected chi connectivity index (χ3v) is 2.99. The summed E-state index contributed by atoms with van der Waals surface area (Å²) in [4.78, 5) is 0. The first kappa shape index (κ1) is 12.5. The second kappa shape index (κ2) is 5.56. The summed E-state index contributed by atoms with van der Waals surface area (Å²) in [7, 11) is 0. The summed E-state index contributed by atoms with van der Waals surface area (Å²) in [6.45, 7) is 0.203. The molecular formula is C13H12BrF2N. The fraction of sp³-hybridized carbons (Fsp3) is 0.231. The van der Waals surface area contributed by atoms with Gasteiger partial charge in [0.2, 0.25) is 0 Å². The van der Waals surface area contributed by atoms with E-state index in [1.54, 1.807) is 0 Å². The van der Waals surface area contributed by atoms with E-state index in [-0.39, 0.29) is 6.54 Å². The predicted molar refractivity (Wildman–Crippen MR) is 69.4 cm³/mol. The average Bonchev–Trinajstić information content (AvgIpc) is 2.29. The van der Waals surface area contributed by atoms with Gasteiger partial charge in [-0.3, -0.25) is 0 Å². The Morgan fingerprint density at radius 2 is 1.76 bits per heavy atom. The first-order valence-corrected chi connectivity index (χ1v) is 6.11. The third kappa shape index (κ3) is 3.48. The summed E-state index contributed by atoms with van der Waals surface area (Å²) in [6.07, 6.45) is -2.30. The Hall–Kier alpha value is -1.00. The molecule has 0 radical (unpaired) electrons. The SMILES string of the molecule is FC(F)CNCc1ccc2cc(Br)ccc2c1. The highest BCUT2D eigenvalue weighted by molar-refractivity contribution is 9.10. The van der Waals surface area contributed by atoms with Crippen LogP contribution in [0.5, 0.6) is 0 Å². The molecule has 0 atom stereocenters. The number of halogens is 3. The van der Waals surface area contributed by atoms with Gasteiger partial charge in [0.1, 0.15) is 0 Å². The van der Waals surface area contributed by atoms with Crippen LogP contribution in [0, 0.1) is 0 Å². The third-order valence-electron chi connectivity index (χ3n) is 2.49. The first-order chi connectivity index (χ1) is 8.15. The maximum Gasteiger partial charge on any atom is 0.250 e. The molecule has 2 rings (SSSR count). The van der Waals surface area contributed by atoms with Crippen LogP contribution < -0.4 is 5.32 Å². The van der Waals surface area contributed by atoms with Crippen molar-refractivity contribution < 1.29 is 8.78 Å². The van der Waals surface area contributed by atoms with Crippen LogP contribution in [-0.4, -0.2) is 13.0 Å². The highest BCUT2D eigenvalue weighted by Gasteiger charge is 2.02. The Morgan fingerprint density at radius 1 is 1.06 bits per heavy atom. The van der Waals surface area contributed by atoms with Crippen LogP contribution in [0.3, 0.4) is 0 Å². The molecule has 1 nitrogen and oxygen atoms in total. The fourth-order valence-electron chi connectivity index (χ4n) is 1.70. The van der Waals surface area contributed by atoms with Gasteiger partial charge in [-0.05, 0) is 34.5 Å². The van der Waals surface area contributed by atoms with Gasteiger partial charge in [0.05, 0.1) is 6.54 Å². The summed E-state index contributed by atoms with van der Waals surface area (Å²) < 4.78 is 25.0. The standard InChI is InChI=1S/C13H12BrF2N/c14-12-4-3-10-5-9(1-2-11(10)6-12)7-17-8-13(15)16/h1-6,13,17H,7-8H2. The van der Waals surface area contributed by atoms with Crippen molar-refractivity contribution >= 4 is 26.7 Å². The molecule has 0 fully saturated rings. The van der Waals surface area contributed by atoms with Gasteiger partial charge in [0.15, 0.2) is 0 Å². The zero-order chi connectivity index (χ0) is 12.3. The van der Waals surface area contributed by atoms with Crippen molar-refractivity contribution in [3.8, 4) is 0 Å². The number of hydrogen-bond acceptors (Lipinski definition) is 1. The molecule has 0 amide bonds. The molecule has 0 unspecified atom stereocenters. The lowest BCUT2D eigenvalue weighted by Gasteiger charge is -2.06. The molecule has 0 aliphatic carbocycles. The fourth-order valence-corrected chi connectivity index (χ4v) is 2.08. The summed E-state index contributed by atoms with van der Waals surface area (Å²) >= 11 is 3.41. The molecule has 0 spiro atoms. The van der Waals surface area contributed by atoms with Crippen LogP contribution in [0.2, 0.25) is 0 Å². The van der Waals surface area contributed by atoms with E-state index in [0.29, 0.717) is 6.54 Å². The zero-order valence-corrected chi connectivity index (χ0v) is 10.7. The Kier molecular flexibility index (Phi) is 4.07. The van der Waals surface area contributed by atoms with Gasteiger partial charge < -0.3 is 5.32 Å².